The molecule has 6 heteroatoms. The van der Waals surface area contributed by atoms with Crippen LogP contribution in [0, 0.1) is 0 Å². The molecule has 0 radical (unpaired) electrons. The highest BCUT2D eigenvalue weighted by Gasteiger charge is 2.17. The van der Waals surface area contributed by atoms with E-state index >= 15 is 0 Å². The second kappa shape index (κ2) is 8.63. The van der Waals surface area contributed by atoms with Gasteiger partial charge in [-0.15, -0.1) is 0 Å². The molecule has 0 aromatic heterocycles. The summed E-state index contributed by atoms with van der Waals surface area (Å²) in [6, 6.07) is 5.14. The number of amides is 2. The molecule has 22 heavy (non-hydrogen) atoms. The number of carbonyl (C=O) groups excluding carboxylic acids is 2. The molecule has 0 saturated heterocycles. The first-order chi connectivity index (χ1) is 10.4. The van der Waals surface area contributed by atoms with Gasteiger partial charge in [-0.1, -0.05) is 11.6 Å². The highest BCUT2D eigenvalue weighted by Crippen LogP contribution is 2.29. The third-order valence-corrected chi connectivity index (χ3v) is 3.79. The van der Waals surface area contributed by atoms with Crippen molar-refractivity contribution in [2.45, 2.75) is 27.2 Å². The van der Waals surface area contributed by atoms with E-state index in [9.17, 15) is 9.59 Å². The summed E-state index contributed by atoms with van der Waals surface area (Å²) in [6.07, 6.45) is 0.283. The van der Waals surface area contributed by atoms with Crippen molar-refractivity contribution in [1.82, 2.24) is 4.90 Å². The standard InChI is InChI=1S/C16H23ClN2O3/c1-5-18(6-2)16(21)9-10-19(12(3)20)13-7-8-15(22-4)14(17)11-13/h7-8,11H,5-6,9-10H2,1-4H3. The molecule has 2 amide bonds. The Balaban J connectivity index is 2.84. The number of benzene rings is 1. The van der Waals surface area contributed by atoms with Gasteiger partial charge >= 0.3 is 0 Å². The van der Waals surface area contributed by atoms with Gasteiger partial charge in [-0.3, -0.25) is 9.59 Å². The van der Waals surface area contributed by atoms with Crippen LogP contribution in [0.25, 0.3) is 0 Å². The van der Waals surface area contributed by atoms with Crippen LogP contribution >= 0.6 is 11.6 Å². The molecule has 1 aromatic rings. The predicted molar refractivity (Wildman–Crippen MR) is 88.6 cm³/mol. The lowest BCUT2D eigenvalue weighted by Crippen LogP contribution is -2.36. The van der Waals surface area contributed by atoms with Gasteiger partial charge in [0.2, 0.25) is 11.8 Å². The third kappa shape index (κ3) is 4.63. The zero-order chi connectivity index (χ0) is 16.7. The molecule has 5 nitrogen and oxygen atoms in total. The number of rotatable bonds is 7. The lowest BCUT2D eigenvalue weighted by molar-refractivity contribution is -0.130. The minimum Gasteiger partial charge on any atom is -0.495 e. The van der Waals surface area contributed by atoms with Crippen LogP contribution in [0.4, 0.5) is 5.69 Å². The number of halogens is 1. The van der Waals surface area contributed by atoms with Crippen LogP contribution in [0.5, 0.6) is 5.75 Å². The zero-order valence-electron chi connectivity index (χ0n) is 13.6. The van der Waals surface area contributed by atoms with Gasteiger partial charge in [0, 0.05) is 38.7 Å². The van der Waals surface area contributed by atoms with Crippen molar-refractivity contribution in [3.63, 3.8) is 0 Å². The Morgan fingerprint density at radius 3 is 2.32 bits per heavy atom. The van der Waals surface area contributed by atoms with Crippen LogP contribution < -0.4 is 9.64 Å². The van der Waals surface area contributed by atoms with E-state index in [1.54, 1.807) is 28.0 Å². The molecule has 0 saturated carbocycles. The Morgan fingerprint density at radius 1 is 1.23 bits per heavy atom. The first-order valence-electron chi connectivity index (χ1n) is 7.33. The average Bonchev–Trinajstić information content (AvgIpc) is 2.48. The van der Waals surface area contributed by atoms with Gasteiger partial charge in [0.15, 0.2) is 0 Å². The third-order valence-electron chi connectivity index (χ3n) is 3.49. The maximum Gasteiger partial charge on any atom is 0.224 e. The molecule has 0 aliphatic rings. The fourth-order valence-electron chi connectivity index (χ4n) is 2.23. The molecule has 0 N–H and O–H groups in total. The Bertz CT molecular complexity index is 530. The summed E-state index contributed by atoms with van der Waals surface area (Å²) < 4.78 is 5.10. The van der Waals surface area contributed by atoms with Crippen molar-refractivity contribution in [3.05, 3.63) is 23.2 Å². The normalized spacial score (nSPS) is 10.2. The van der Waals surface area contributed by atoms with Gasteiger partial charge in [-0.2, -0.15) is 0 Å². The van der Waals surface area contributed by atoms with Gasteiger partial charge in [0.1, 0.15) is 5.75 Å². The molecule has 0 bridgehead atoms. The number of hydrogen-bond acceptors (Lipinski definition) is 3. The average molecular weight is 327 g/mol. The fraction of sp³-hybridized carbons (Fsp3) is 0.500. The molecule has 0 fully saturated rings. The van der Waals surface area contributed by atoms with Crippen molar-refractivity contribution in [2.75, 3.05) is 31.6 Å². The van der Waals surface area contributed by atoms with E-state index in [-0.39, 0.29) is 18.2 Å². The Hall–Kier alpha value is -1.75. The van der Waals surface area contributed by atoms with Crippen molar-refractivity contribution in [1.29, 1.82) is 0 Å². The summed E-state index contributed by atoms with van der Waals surface area (Å²) in [6.45, 7) is 7.02. The number of ether oxygens (including phenoxy) is 1. The Labute approximate surface area is 136 Å². The first kappa shape index (κ1) is 18.3. The zero-order valence-corrected chi connectivity index (χ0v) is 14.3. The first-order valence-corrected chi connectivity index (χ1v) is 7.71. The van der Waals surface area contributed by atoms with E-state index in [0.717, 1.165) is 0 Å². The highest BCUT2D eigenvalue weighted by molar-refractivity contribution is 6.32. The predicted octanol–water partition coefficient (Wildman–Crippen LogP) is 2.96. The summed E-state index contributed by atoms with van der Waals surface area (Å²) in [5.41, 5.74) is 0.658. The van der Waals surface area contributed by atoms with Crippen LogP contribution in [0.15, 0.2) is 18.2 Å². The van der Waals surface area contributed by atoms with E-state index in [2.05, 4.69) is 0 Å². The van der Waals surface area contributed by atoms with Gasteiger partial charge < -0.3 is 14.5 Å². The van der Waals surface area contributed by atoms with E-state index < -0.39 is 0 Å². The number of hydrogen-bond donors (Lipinski definition) is 0. The maximum absolute atomic E-state index is 12.1. The SMILES string of the molecule is CCN(CC)C(=O)CCN(C(C)=O)c1ccc(OC)c(Cl)c1. The summed E-state index contributed by atoms with van der Waals surface area (Å²) >= 11 is 6.10. The summed E-state index contributed by atoms with van der Waals surface area (Å²) in [7, 11) is 1.53. The molecule has 0 aliphatic heterocycles. The summed E-state index contributed by atoms with van der Waals surface area (Å²) in [4.78, 5) is 27.2. The minimum absolute atomic E-state index is 0.0378. The lowest BCUT2D eigenvalue weighted by atomic mass is 10.2. The highest BCUT2D eigenvalue weighted by atomic mass is 35.5. The smallest absolute Gasteiger partial charge is 0.224 e. The van der Waals surface area contributed by atoms with E-state index in [0.29, 0.717) is 36.1 Å². The second-order valence-electron chi connectivity index (χ2n) is 4.81. The number of carbonyl (C=O) groups is 2. The quantitative estimate of drug-likeness (QED) is 0.774. The number of anilines is 1. The minimum atomic E-state index is -0.131. The molecule has 0 atom stereocenters. The monoisotopic (exact) mass is 326 g/mol. The van der Waals surface area contributed by atoms with Gasteiger partial charge in [-0.25, -0.2) is 0 Å². The van der Waals surface area contributed by atoms with Crippen molar-refractivity contribution in [2.24, 2.45) is 0 Å². The second-order valence-corrected chi connectivity index (χ2v) is 5.21. The molecule has 0 spiro atoms. The molecule has 1 rings (SSSR count). The molecule has 1 aromatic carbocycles. The number of nitrogens with zero attached hydrogens (tertiary/aromatic N) is 2. The van der Waals surface area contributed by atoms with Crippen molar-refractivity contribution >= 4 is 29.1 Å². The van der Waals surface area contributed by atoms with E-state index in [1.807, 2.05) is 13.8 Å². The van der Waals surface area contributed by atoms with Crippen LogP contribution in [0.3, 0.4) is 0 Å². The molecular formula is C16H23ClN2O3. The molecule has 0 heterocycles. The van der Waals surface area contributed by atoms with E-state index in [4.69, 9.17) is 16.3 Å². The van der Waals surface area contributed by atoms with Gasteiger partial charge in [0.25, 0.3) is 0 Å². The molecule has 0 unspecified atom stereocenters. The molecule has 0 aliphatic carbocycles. The largest absolute Gasteiger partial charge is 0.495 e. The van der Waals surface area contributed by atoms with Crippen LogP contribution in [-0.2, 0) is 9.59 Å². The topological polar surface area (TPSA) is 49.9 Å². The Kier molecular flexibility index (Phi) is 7.18. The Morgan fingerprint density at radius 2 is 1.86 bits per heavy atom. The van der Waals surface area contributed by atoms with Gasteiger partial charge in [0.05, 0.1) is 12.1 Å². The molecule has 122 valence electrons. The van der Waals surface area contributed by atoms with Crippen LogP contribution in [-0.4, -0.2) is 43.5 Å². The van der Waals surface area contributed by atoms with Crippen LogP contribution in [0.1, 0.15) is 27.2 Å². The van der Waals surface area contributed by atoms with Crippen molar-refractivity contribution in [3.8, 4) is 5.75 Å². The maximum atomic E-state index is 12.1. The van der Waals surface area contributed by atoms with E-state index in [1.165, 1.54) is 14.0 Å². The van der Waals surface area contributed by atoms with Crippen molar-refractivity contribution < 1.29 is 14.3 Å². The fourth-order valence-corrected chi connectivity index (χ4v) is 2.49. The number of methoxy groups -OCH3 is 1. The lowest BCUT2D eigenvalue weighted by Gasteiger charge is -2.24. The molecular weight excluding hydrogens is 304 g/mol. The van der Waals surface area contributed by atoms with Gasteiger partial charge in [-0.05, 0) is 32.0 Å². The summed E-state index contributed by atoms with van der Waals surface area (Å²) in [5, 5.41) is 0.432. The van der Waals surface area contributed by atoms with Crippen LogP contribution in [0.2, 0.25) is 5.02 Å². The summed E-state index contributed by atoms with van der Waals surface area (Å²) in [5.74, 6) is 0.456.